The van der Waals surface area contributed by atoms with E-state index in [9.17, 15) is 35.2 Å². The fraction of sp³-hybridized carbons (Fsp3) is 0.844. The van der Waals surface area contributed by atoms with Crippen molar-refractivity contribution in [2.75, 3.05) is 314 Å². The molecule has 0 bridgehead atoms. The number of likely N-dealkylation sites (N-methyl/N-ethyl adjacent to an activating group) is 5. The number of methoxy groups -OCH3 is 2. The van der Waals surface area contributed by atoms with Gasteiger partial charge in [-0.2, -0.15) is 11.8 Å². The number of rotatable bonds is 43. The Kier molecular flexibility index (Phi) is 95.1. The number of aliphatic hydroxyl groups excluding tert-OH is 3. The molecule has 4 aromatic rings. The summed E-state index contributed by atoms with van der Waals surface area (Å²) in [6.45, 7) is 27.5. The number of amides is 1. The Morgan fingerprint density at radius 3 is 1.63 bits per heavy atom. The van der Waals surface area contributed by atoms with Gasteiger partial charge in [0.05, 0.1) is 119 Å². The minimum absolute atomic E-state index is 0.00694. The Morgan fingerprint density at radius 2 is 1.20 bits per heavy atom. The summed E-state index contributed by atoms with van der Waals surface area (Å²) in [6, 6.07) is 5.76. The Labute approximate surface area is 825 Å². The van der Waals surface area contributed by atoms with Gasteiger partial charge >= 0.3 is 0 Å². The zero-order valence-corrected chi connectivity index (χ0v) is 91.4. The fourth-order valence-corrected chi connectivity index (χ4v) is 16.5. The number of nitrogens with zero attached hydrogens (tertiary/aromatic N) is 8. The quantitative estimate of drug-likeness (QED) is 0.0222. The van der Waals surface area contributed by atoms with E-state index < -0.39 is 29.9 Å². The number of imidazole rings is 3. The van der Waals surface area contributed by atoms with Crippen LogP contribution in [0.15, 0.2) is 71.5 Å². The molecule has 0 aromatic carbocycles. The van der Waals surface area contributed by atoms with Crippen LogP contribution in [-0.4, -0.2) is 456 Å². The largest absolute Gasteiger partial charge is 0.468 e. The van der Waals surface area contributed by atoms with E-state index in [0.29, 0.717) is 74.9 Å². The first-order valence-electron chi connectivity index (χ1n) is 47.6. The lowest BCUT2D eigenvalue weighted by Crippen LogP contribution is -2.46. The number of H-pyrrole nitrogens is 2. The number of furan rings is 1. The molecule has 1 saturated carbocycles. The van der Waals surface area contributed by atoms with Crippen molar-refractivity contribution in [3.05, 3.63) is 73.5 Å². The topological polar surface area (TPSA) is 496 Å². The average Bonchev–Trinajstić information content (AvgIpc) is 1.86. The first kappa shape index (κ1) is 137. The van der Waals surface area contributed by atoms with Gasteiger partial charge in [-0.1, -0.05) is 32.5 Å². The normalized spacial score (nSPS) is 17.8. The third-order valence-electron chi connectivity index (χ3n) is 20.4. The molecule has 135 heavy (non-hydrogen) atoms. The lowest BCUT2D eigenvalue weighted by atomic mass is 9.93. The monoisotopic (exact) mass is 2030 g/mol. The number of carbonyl (C=O) groups excluding carboxylic acids is 1. The maximum Gasteiger partial charge on any atom is 0.222 e. The summed E-state index contributed by atoms with van der Waals surface area (Å²) >= 11 is 3.60. The van der Waals surface area contributed by atoms with Crippen LogP contribution >= 0.6 is 23.5 Å². The van der Waals surface area contributed by atoms with Gasteiger partial charge in [0.1, 0.15) is 21.4 Å². The predicted octanol–water partition coefficient (Wildman–Crippen LogP) is 1.93. The first-order valence-corrected chi connectivity index (χ1v) is 55.3. The van der Waals surface area contributed by atoms with Crippen molar-refractivity contribution in [2.45, 2.75) is 183 Å². The molecule has 4 aromatic heterocycles. The Hall–Kier alpha value is -4.07. The number of aryl methyl sites for hydroxylation is 1. The van der Waals surface area contributed by atoms with E-state index in [0.717, 1.165) is 183 Å². The van der Waals surface area contributed by atoms with Gasteiger partial charge in [-0.15, -0.1) is 0 Å². The number of aromatic amines is 2. The number of ether oxygens (including phenoxy) is 5. The highest BCUT2D eigenvalue weighted by Gasteiger charge is 2.26. The van der Waals surface area contributed by atoms with Crippen molar-refractivity contribution in [2.24, 2.45) is 5.41 Å². The van der Waals surface area contributed by atoms with Crippen molar-refractivity contribution in [3.63, 3.8) is 0 Å². The lowest BCUT2D eigenvalue weighted by Gasteiger charge is -2.36. The molecule has 5 aliphatic heterocycles. The minimum atomic E-state index is -2.99. The summed E-state index contributed by atoms with van der Waals surface area (Å²) in [5, 5.41) is 69.2. The third-order valence-corrected chi connectivity index (χ3v) is 26.3. The van der Waals surface area contributed by atoms with E-state index in [1.807, 2.05) is 124 Å². The maximum atomic E-state index is 11.1. The maximum absolute atomic E-state index is 11.1. The highest BCUT2D eigenvalue weighted by Crippen LogP contribution is 2.20. The second-order valence-electron chi connectivity index (χ2n) is 33.8. The van der Waals surface area contributed by atoms with E-state index in [-0.39, 0.29) is 43.0 Å². The van der Waals surface area contributed by atoms with Crippen molar-refractivity contribution >= 4 is 59.3 Å². The number of hydrogen-bond donors (Lipinski definition) is 19. The molecule has 40 nitrogen and oxygen atoms in total. The number of nitrogens with one attached hydrogen (secondary N) is 16. The predicted molar refractivity (Wildman–Crippen MR) is 558 cm³/mol. The molecule has 5 saturated heterocycles. The molecule has 5 unspecified atom stereocenters. The molecular weight excluding hydrogens is 1830 g/mol. The van der Waals surface area contributed by atoms with Gasteiger partial charge in [0, 0.05) is 199 Å². The van der Waals surface area contributed by atoms with Crippen molar-refractivity contribution in [1.82, 2.24) is 122 Å². The first-order chi connectivity index (χ1) is 64.6. The molecule has 0 spiro atoms. The van der Waals surface area contributed by atoms with E-state index >= 15 is 0 Å². The molecular formula is C90H194N24O16S5. The van der Waals surface area contributed by atoms with Gasteiger partial charge in [0.25, 0.3) is 0 Å². The van der Waals surface area contributed by atoms with E-state index in [1.165, 1.54) is 89.1 Å². The van der Waals surface area contributed by atoms with E-state index in [1.54, 1.807) is 76.3 Å². The number of thioether (sulfide) groups is 2. The molecule has 9 heterocycles. The molecule has 1 aliphatic carbocycles. The zero-order valence-electron chi connectivity index (χ0n) is 87.3. The van der Waals surface area contributed by atoms with Gasteiger partial charge in [0.15, 0.2) is 5.16 Å². The molecule has 800 valence electrons. The second kappa shape index (κ2) is 93.6. The highest BCUT2D eigenvalue weighted by molar-refractivity contribution is 7.99. The number of piperidine rings is 2. The number of hydrogen-bond acceptors (Lipinski definition) is 36. The van der Waals surface area contributed by atoms with Crippen LogP contribution in [0.3, 0.4) is 0 Å². The second-order valence-corrected chi connectivity index (χ2v) is 42.5. The zero-order chi connectivity index (χ0) is 102. The van der Waals surface area contributed by atoms with Gasteiger partial charge in [-0.25, -0.2) is 48.8 Å². The van der Waals surface area contributed by atoms with Crippen molar-refractivity contribution in [3.8, 4) is 0 Å². The van der Waals surface area contributed by atoms with Crippen LogP contribution in [0.5, 0.6) is 0 Å². The van der Waals surface area contributed by atoms with Gasteiger partial charge in [-0.05, 0) is 219 Å². The molecule has 5 atom stereocenters. The van der Waals surface area contributed by atoms with Crippen molar-refractivity contribution < 1.29 is 73.5 Å². The van der Waals surface area contributed by atoms with Crippen LogP contribution in [-0.2, 0) is 77.2 Å². The molecule has 6 fully saturated rings. The fourth-order valence-electron chi connectivity index (χ4n) is 12.6. The summed E-state index contributed by atoms with van der Waals surface area (Å²) in [6.07, 6.45) is 33.2. The molecule has 10 rings (SSSR count). The number of carbonyl (C=O) groups is 1. The van der Waals surface area contributed by atoms with Crippen LogP contribution in [0.2, 0.25) is 0 Å². The summed E-state index contributed by atoms with van der Waals surface area (Å²) in [5.74, 6) is 5.94. The van der Waals surface area contributed by atoms with Crippen LogP contribution in [0, 0.1) is 5.41 Å². The van der Waals surface area contributed by atoms with Crippen LogP contribution in [0.1, 0.15) is 122 Å². The van der Waals surface area contributed by atoms with Gasteiger partial charge in [0.2, 0.25) is 26.0 Å². The molecule has 1 amide bonds. The van der Waals surface area contributed by atoms with Gasteiger partial charge < -0.3 is 142 Å². The molecule has 45 heteroatoms. The Morgan fingerprint density at radius 1 is 0.615 bits per heavy atom. The van der Waals surface area contributed by atoms with Crippen LogP contribution in [0.25, 0.3) is 0 Å². The van der Waals surface area contributed by atoms with Gasteiger partial charge in [-0.3, -0.25) is 4.79 Å². The van der Waals surface area contributed by atoms with E-state index in [2.05, 4.69) is 137 Å². The number of sulfonamides is 2. The summed E-state index contributed by atoms with van der Waals surface area (Å²) in [4.78, 5) is 33.8. The van der Waals surface area contributed by atoms with Crippen molar-refractivity contribution in [1.29, 1.82) is 0 Å². The molecule has 19 N–H and O–H groups in total. The number of sulfone groups is 1. The van der Waals surface area contributed by atoms with Crippen LogP contribution in [0.4, 0.5) is 0 Å². The third kappa shape index (κ3) is 87.5. The molecule has 0 radical (unpaired) electrons. The standard InChI is InChI=1S/C11H24N2.C8H16N2O.C7H13N3S.C7H13N3.C7H16N2O2S.C7H15NO.C6H11N3S.C6H13NO2.C6H15NO2.C6H13NO.C6H9NO.C5H14N2O2S.C4H11NO2S.C4H11NO2/c1-11(2,3)9-13-7-5-6-10(8-13)12-4;1-9-5-3-7-10-6-2-4-8(10)11;1-8-4-5-11-6-7-9-2-3-10-7;1-8-3-2-5-10-6-4-9-7-10;1-8-7-3-5-9(6-4-7)12(2,10)11;1-8-6-3-2-4-7(9)5-6;1-7-4-5-10-6-8-2-3-9-6;1-7-4-6-5-8-2-3-9-6;1-7-6(4-8-2)5-9-3;2*1-7-5-6-3-2-4-8-6;1-6-4-5-10(8,9)7(2)3;1-5-3-4-8(2,6)7;1-5-4(2-6)3-7/h10,12H,5-9H2,1-4H3;9H,2-7H2,1H3;2-3,8H,4-6H2,1H3,(H,9,10);4,6-8H,2-3,5H2,1H3;7-8H,3-6H2,1-2H3;6-9H,2-5H2,1H3;2-3,7H,4-5H2,1H3,(H,8,9);6-7H,2-5H2,1H3;6-7H,4-5H2,1-3H3;6-7H,2-5H2,1H3;2-4,7H,5H2,1H3;6H,4-5H2,1-3H3;5H,3-4H2,1-2H3;4-7H,2-3H2,1H3. The Bertz CT molecular complexity index is 3370. The van der Waals surface area contributed by atoms with Crippen LogP contribution < -0.4 is 74.4 Å². The summed E-state index contributed by atoms with van der Waals surface area (Å²) in [7, 11) is 24.3. The minimum Gasteiger partial charge on any atom is -0.468 e. The number of likely N-dealkylation sites (tertiary alicyclic amines) is 2. The Balaban J connectivity index is -0.000000686. The summed E-state index contributed by atoms with van der Waals surface area (Å²) in [5.41, 5.74) is 0.440. The molecule has 6 aliphatic rings. The number of aromatic nitrogens is 6. The number of aliphatic hydroxyl groups is 3. The average molecular weight is 2030 g/mol. The summed E-state index contributed by atoms with van der Waals surface area (Å²) < 4.78 is 100. The SMILES string of the molecule is CNC(CO)CO.CNC(COC)COC.CNC1CCCC(O)C1.CNC1CCCN(CC(C)(C)C)C1.CNC1CCN(S(C)(=O)=O)CC1.CNCC1CCCO1.CNCC1COCCO1.CNCCCN1CCCC1=O.CNCCCn1ccnc1.CNCCS(=O)(=O)N(C)C.CNCCS(C)(=O)=O.CNCCSCc1ncc[nH]1.CNCCSc1ncc[nH]1.CNCc1ccco1. The smallest absolute Gasteiger partial charge is 0.222 e. The van der Waals surface area contributed by atoms with E-state index in [4.69, 9.17) is 38.3 Å². The lowest BCUT2D eigenvalue weighted by molar-refractivity contribution is -0.127. The highest BCUT2D eigenvalue weighted by atomic mass is 32.2.